The van der Waals surface area contributed by atoms with Gasteiger partial charge in [-0.1, -0.05) is 12.1 Å². The van der Waals surface area contributed by atoms with Crippen molar-refractivity contribution in [2.45, 2.75) is 51.0 Å². The van der Waals surface area contributed by atoms with Crippen molar-refractivity contribution in [3.05, 3.63) is 59.7 Å². The lowest BCUT2D eigenvalue weighted by atomic mass is 9.35. The zero-order chi connectivity index (χ0) is 33.6. The van der Waals surface area contributed by atoms with Crippen LogP contribution in [0.2, 0.25) is 0 Å². The molecule has 248 valence electrons. The van der Waals surface area contributed by atoms with Gasteiger partial charge in [0.15, 0.2) is 11.6 Å². The van der Waals surface area contributed by atoms with Gasteiger partial charge in [-0.25, -0.2) is 0 Å². The number of phenolic OH excluding ortho intramolecular Hbond substituents is 1. The van der Waals surface area contributed by atoms with Crippen LogP contribution in [-0.4, -0.2) is 75.5 Å². The number of nitrogens with one attached hydrogen (secondary N) is 3. The molecule has 1 atom stereocenters. The summed E-state index contributed by atoms with van der Waals surface area (Å²) < 4.78 is 6.03. The summed E-state index contributed by atoms with van der Waals surface area (Å²) >= 11 is 0. The van der Waals surface area contributed by atoms with Gasteiger partial charge in [-0.15, -0.1) is 10.2 Å². The first kappa shape index (κ1) is 31.1. The smallest absolute Gasteiger partial charge is 0.262 e. The highest BCUT2D eigenvalue weighted by Gasteiger charge is 2.71. The maximum atomic E-state index is 13.0. The van der Waals surface area contributed by atoms with Crippen molar-refractivity contribution in [1.29, 1.82) is 0 Å². The summed E-state index contributed by atoms with van der Waals surface area (Å²) in [5.74, 6) is -1.43. The monoisotopic (exact) mass is 653 g/mol. The molecule has 6 N–H and O–H groups in total. The van der Waals surface area contributed by atoms with Crippen LogP contribution in [0.15, 0.2) is 48.5 Å². The number of nitrogen functional groups attached to an aromatic ring is 1. The molecule has 5 aliphatic rings. The van der Waals surface area contributed by atoms with Gasteiger partial charge in [0.25, 0.3) is 11.8 Å². The number of amides is 5. The van der Waals surface area contributed by atoms with E-state index in [0.29, 0.717) is 42.4 Å². The zero-order valence-electron chi connectivity index (χ0n) is 26.1. The molecule has 14 nitrogen and oxygen atoms in total. The molecule has 1 aromatic heterocycles. The summed E-state index contributed by atoms with van der Waals surface area (Å²) in [5, 5.41) is 26.7. The maximum absolute atomic E-state index is 13.0. The molecule has 2 aromatic carbocycles. The van der Waals surface area contributed by atoms with Crippen molar-refractivity contribution in [2.24, 2.45) is 10.8 Å². The fourth-order valence-electron chi connectivity index (χ4n) is 7.40. The quantitative estimate of drug-likeness (QED) is 0.142. The van der Waals surface area contributed by atoms with Gasteiger partial charge in [-0.05, 0) is 68.9 Å². The molecule has 5 amide bonds. The number of benzene rings is 2. The third-order valence-corrected chi connectivity index (χ3v) is 9.78. The fourth-order valence-corrected chi connectivity index (χ4v) is 7.40. The van der Waals surface area contributed by atoms with Crippen molar-refractivity contribution in [3.8, 4) is 22.8 Å². The van der Waals surface area contributed by atoms with Gasteiger partial charge in [0.2, 0.25) is 17.7 Å². The Morgan fingerprint density at radius 2 is 1.73 bits per heavy atom. The van der Waals surface area contributed by atoms with E-state index < -0.39 is 29.7 Å². The summed E-state index contributed by atoms with van der Waals surface area (Å²) in [4.78, 5) is 63.6. The lowest BCUT2D eigenvalue weighted by Crippen LogP contribution is -2.69. The van der Waals surface area contributed by atoms with E-state index in [-0.39, 0.29) is 52.3 Å². The predicted octanol–water partition coefficient (Wildman–Crippen LogP) is 2.39. The van der Waals surface area contributed by atoms with Crippen LogP contribution in [0, 0.1) is 10.8 Å². The number of piperidine rings is 1. The maximum Gasteiger partial charge on any atom is 0.262 e. The minimum atomic E-state index is -1.000. The molecule has 2 aliphatic heterocycles. The van der Waals surface area contributed by atoms with Crippen LogP contribution >= 0.6 is 0 Å². The molecule has 1 saturated heterocycles. The molecule has 1 unspecified atom stereocenters. The Bertz CT molecular complexity index is 1840. The van der Waals surface area contributed by atoms with Gasteiger partial charge in [-0.3, -0.25) is 34.2 Å². The number of aromatic nitrogens is 2. The standard InChI is InChI=1S/C34H35N7O7/c35-28-26(14-23(39-40-28)21-5-1-2-6-25(21)42)48-18-33-15-34(16-33,17-33)32(47)37-12-4-3-11-36-19-7-8-20-22(13-19)31(46)41(30(20)45)24-9-10-27(43)38-29(24)44/h1-2,5-8,13-14,24,36,42H,3-4,9-12,15-18H2,(H2,35,40)(H,37,47)(H,38,43,44). The van der Waals surface area contributed by atoms with Crippen molar-refractivity contribution in [3.63, 3.8) is 0 Å². The third-order valence-electron chi connectivity index (χ3n) is 9.78. The fraction of sp³-hybridized carbons (Fsp3) is 0.382. The van der Waals surface area contributed by atoms with Crippen LogP contribution in [0.5, 0.6) is 11.5 Å². The summed E-state index contributed by atoms with van der Waals surface area (Å²) in [5.41, 5.74) is 7.70. The van der Waals surface area contributed by atoms with E-state index in [1.54, 1.807) is 48.5 Å². The second-order valence-electron chi connectivity index (χ2n) is 13.2. The largest absolute Gasteiger partial charge is 0.507 e. The molecule has 8 rings (SSSR count). The number of hydrogen-bond acceptors (Lipinski definition) is 11. The van der Waals surface area contributed by atoms with Crippen molar-refractivity contribution in [1.82, 2.24) is 25.7 Å². The Morgan fingerprint density at radius 3 is 2.50 bits per heavy atom. The molecular formula is C34H35N7O7. The molecule has 0 radical (unpaired) electrons. The lowest BCUT2D eigenvalue weighted by Gasteiger charge is -2.68. The number of phenols is 1. The Kier molecular flexibility index (Phi) is 7.72. The first-order valence-electron chi connectivity index (χ1n) is 16.0. The third kappa shape index (κ3) is 5.46. The van der Waals surface area contributed by atoms with E-state index in [2.05, 4.69) is 26.1 Å². The number of para-hydroxylation sites is 1. The molecule has 3 aliphatic carbocycles. The first-order chi connectivity index (χ1) is 23.1. The van der Waals surface area contributed by atoms with Gasteiger partial charge in [-0.2, -0.15) is 0 Å². The van der Waals surface area contributed by atoms with Crippen LogP contribution in [0.25, 0.3) is 11.3 Å². The number of nitrogens with zero attached hydrogens (tertiary/aromatic N) is 3. The van der Waals surface area contributed by atoms with E-state index in [4.69, 9.17) is 10.5 Å². The SMILES string of the molecule is Nc1nnc(-c2ccccc2O)cc1OCC12CC(C(=O)NCCCCNc3ccc4c(c3)C(=O)N(C3CCC(=O)NC3=O)C4=O)(C1)C2. The number of hydrogen-bond donors (Lipinski definition) is 5. The number of carbonyl (C=O) groups excluding carboxylic acids is 5. The Hall–Kier alpha value is -5.53. The van der Waals surface area contributed by atoms with Crippen molar-refractivity contribution < 1.29 is 33.8 Å². The number of ether oxygens (including phenoxy) is 1. The van der Waals surface area contributed by atoms with Gasteiger partial charge < -0.3 is 26.2 Å². The van der Waals surface area contributed by atoms with Crippen LogP contribution < -0.4 is 26.4 Å². The molecule has 14 heteroatoms. The average molecular weight is 654 g/mol. The molecular weight excluding hydrogens is 618 g/mol. The molecule has 2 bridgehead atoms. The molecule has 3 saturated carbocycles. The van der Waals surface area contributed by atoms with E-state index in [1.807, 2.05) is 0 Å². The number of imide groups is 2. The molecule has 3 aromatic rings. The summed E-state index contributed by atoms with van der Waals surface area (Å²) in [6.07, 6.45) is 3.94. The second kappa shape index (κ2) is 11.9. The minimum absolute atomic E-state index is 0.0617. The van der Waals surface area contributed by atoms with E-state index in [1.165, 1.54) is 0 Å². The normalized spacial score (nSPS) is 23.9. The average Bonchev–Trinajstić information content (AvgIpc) is 3.27. The van der Waals surface area contributed by atoms with Gasteiger partial charge in [0.1, 0.15) is 17.5 Å². The number of nitrogens with two attached hydrogens (primary N) is 1. The number of fused-ring (bicyclic) bond motifs is 1. The number of carbonyl (C=O) groups is 5. The Morgan fingerprint density at radius 1 is 0.979 bits per heavy atom. The summed E-state index contributed by atoms with van der Waals surface area (Å²) in [6, 6.07) is 12.4. The highest BCUT2D eigenvalue weighted by atomic mass is 16.5. The highest BCUT2D eigenvalue weighted by Crippen LogP contribution is 2.73. The summed E-state index contributed by atoms with van der Waals surface area (Å²) in [7, 11) is 0. The van der Waals surface area contributed by atoms with Gasteiger partial charge in [0.05, 0.1) is 23.1 Å². The first-order valence-corrected chi connectivity index (χ1v) is 16.0. The number of anilines is 2. The van der Waals surface area contributed by atoms with Crippen LogP contribution in [-0.2, 0) is 14.4 Å². The zero-order valence-corrected chi connectivity index (χ0v) is 26.1. The highest BCUT2D eigenvalue weighted by molar-refractivity contribution is 6.23. The van der Waals surface area contributed by atoms with E-state index in [9.17, 15) is 29.1 Å². The van der Waals surface area contributed by atoms with E-state index >= 15 is 0 Å². The lowest BCUT2D eigenvalue weighted by molar-refractivity contribution is -0.217. The van der Waals surface area contributed by atoms with Crippen LogP contribution in [0.4, 0.5) is 11.5 Å². The molecule has 48 heavy (non-hydrogen) atoms. The Labute approximate surface area is 275 Å². The van der Waals surface area contributed by atoms with Gasteiger partial charge >= 0.3 is 0 Å². The number of rotatable bonds is 12. The number of unbranched alkanes of at least 4 members (excludes halogenated alkanes) is 1. The number of aromatic hydroxyl groups is 1. The van der Waals surface area contributed by atoms with Gasteiger partial charge in [0, 0.05) is 42.2 Å². The molecule has 4 fully saturated rings. The van der Waals surface area contributed by atoms with Crippen molar-refractivity contribution in [2.75, 3.05) is 30.7 Å². The predicted molar refractivity (Wildman–Crippen MR) is 172 cm³/mol. The second-order valence-corrected chi connectivity index (χ2v) is 13.2. The van der Waals surface area contributed by atoms with Crippen LogP contribution in [0.3, 0.4) is 0 Å². The van der Waals surface area contributed by atoms with Crippen LogP contribution in [0.1, 0.15) is 65.7 Å². The Balaban J connectivity index is 0.825. The topological polar surface area (TPSA) is 206 Å². The summed E-state index contributed by atoms with van der Waals surface area (Å²) in [6.45, 7) is 1.55. The minimum Gasteiger partial charge on any atom is -0.507 e. The molecule has 0 spiro atoms. The van der Waals surface area contributed by atoms with Crippen molar-refractivity contribution >= 4 is 41.0 Å². The van der Waals surface area contributed by atoms with E-state index in [0.717, 1.165) is 37.0 Å². The molecule has 3 heterocycles.